The second-order valence-corrected chi connectivity index (χ2v) is 6.81. The van der Waals surface area contributed by atoms with Crippen LogP contribution in [0.2, 0.25) is 5.02 Å². The highest BCUT2D eigenvalue weighted by molar-refractivity contribution is 6.33. The Bertz CT molecular complexity index is 607. The van der Waals surface area contributed by atoms with E-state index in [2.05, 4.69) is 5.32 Å². The minimum atomic E-state index is -0.162. The van der Waals surface area contributed by atoms with Gasteiger partial charge in [0.25, 0.3) is 0 Å². The van der Waals surface area contributed by atoms with Crippen molar-refractivity contribution in [2.75, 3.05) is 18.0 Å². The summed E-state index contributed by atoms with van der Waals surface area (Å²) in [5.41, 5.74) is 6.46. The van der Waals surface area contributed by atoms with E-state index in [9.17, 15) is 9.59 Å². The molecule has 1 aromatic rings. The number of carbonyl (C=O) groups is 2. The Morgan fingerprint density at radius 3 is 2.87 bits per heavy atom. The van der Waals surface area contributed by atoms with Crippen LogP contribution in [0, 0.1) is 11.8 Å². The zero-order chi connectivity index (χ0) is 16.4. The van der Waals surface area contributed by atoms with E-state index in [0.29, 0.717) is 30.2 Å². The number of nitrogens with one attached hydrogen (secondary N) is 1. The molecule has 1 aliphatic carbocycles. The van der Waals surface area contributed by atoms with Crippen LogP contribution >= 0.6 is 11.6 Å². The third-order valence-corrected chi connectivity index (χ3v) is 5.23. The molecule has 1 heterocycles. The lowest BCUT2D eigenvalue weighted by Gasteiger charge is -2.21. The van der Waals surface area contributed by atoms with Gasteiger partial charge >= 0.3 is 0 Å². The molecule has 5 nitrogen and oxygen atoms in total. The topological polar surface area (TPSA) is 75.4 Å². The molecule has 1 aromatic carbocycles. The summed E-state index contributed by atoms with van der Waals surface area (Å²) in [6.07, 6.45) is 3.28. The van der Waals surface area contributed by atoms with E-state index in [1.807, 2.05) is 18.2 Å². The summed E-state index contributed by atoms with van der Waals surface area (Å²) in [5.74, 6) is 0.290. The average molecular weight is 336 g/mol. The highest BCUT2D eigenvalue weighted by atomic mass is 35.5. The molecule has 0 aromatic heterocycles. The fraction of sp³-hybridized carbons (Fsp3) is 0.529. The van der Waals surface area contributed by atoms with E-state index in [-0.39, 0.29) is 29.7 Å². The first-order chi connectivity index (χ1) is 11.1. The molecule has 3 rings (SSSR count). The van der Waals surface area contributed by atoms with Crippen molar-refractivity contribution in [2.45, 2.75) is 31.7 Å². The summed E-state index contributed by atoms with van der Waals surface area (Å²) in [5, 5.41) is 3.58. The highest BCUT2D eigenvalue weighted by Crippen LogP contribution is 2.32. The maximum absolute atomic E-state index is 12.5. The summed E-state index contributed by atoms with van der Waals surface area (Å²) in [6.45, 7) is 1.02. The van der Waals surface area contributed by atoms with Crippen LogP contribution < -0.4 is 16.0 Å². The predicted molar refractivity (Wildman–Crippen MR) is 90.2 cm³/mol. The molecular weight excluding hydrogens is 314 g/mol. The van der Waals surface area contributed by atoms with Gasteiger partial charge in [-0.2, -0.15) is 0 Å². The molecule has 3 atom stereocenters. The zero-order valence-corrected chi connectivity index (χ0v) is 13.8. The van der Waals surface area contributed by atoms with Gasteiger partial charge in [-0.3, -0.25) is 9.59 Å². The molecule has 1 saturated carbocycles. The van der Waals surface area contributed by atoms with Crippen molar-refractivity contribution in [3.63, 3.8) is 0 Å². The standard InChI is InChI=1S/C17H22ClN3O2/c18-14-6-1-2-7-15(14)21-10-12(8-16(21)22)20-17(23)13-5-3-4-11(13)9-19/h1-2,6-7,11-13H,3-5,8-10,19H2,(H,20,23)/t11-,12?,13-/m1/s1. The maximum atomic E-state index is 12.5. The van der Waals surface area contributed by atoms with Gasteiger partial charge in [-0.15, -0.1) is 0 Å². The molecule has 0 radical (unpaired) electrons. The van der Waals surface area contributed by atoms with Crippen LogP contribution in [-0.4, -0.2) is 30.9 Å². The largest absolute Gasteiger partial charge is 0.351 e. The van der Waals surface area contributed by atoms with Crippen LogP contribution in [0.25, 0.3) is 0 Å². The van der Waals surface area contributed by atoms with Gasteiger partial charge in [0.15, 0.2) is 0 Å². The quantitative estimate of drug-likeness (QED) is 0.883. The van der Waals surface area contributed by atoms with Gasteiger partial charge in [-0.1, -0.05) is 30.2 Å². The van der Waals surface area contributed by atoms with Gasteiger partial charge in [-0.25, -0.2) is 0 Å². The Labute approximate surface area is 141 Å². The molecule has 1 unspecified atom stereocenters. The fourth-order valence-corrected chi connectivity index (χ4v) is 3.92. The number of halogens is 1. The molecule has 0 spiro atoms. The third-order valence-electron chi connectivity index (χ3n) is 4.91. The van der Waals surface area contributed by atoms with Gasteiger partial charge < -0.3 is 16.0 Å². The van der Waals surface area contributed by atoms with Crippen molar-refractivity contribution in [3.05, 3.63) is 29.3 Å². The third kappa shape index (κ3) is 3.35. The Morgan fingerprint density at radius 1 is 1.35 bits per heavy atom. The maximum Gasteiger partial charge on any atom is 0.229 e. The van der Waals surface area contributed by atoms with Crippen molar-refractivity contribution in [3.8, 4) is 0 Å². The minimum Gasteiger partial charge on any atom is -0.351 e. The molecule has 124 valence electrons. The number of para-hydroxylation sites is 1. The van der Waals surface area contributed by atoms with Crippen LogP contribution in [0.15, 0.2) is 24.3 Å². The first-order valence-electron chi connectivity index (χ1n) is 8.15. The molecule has 2 aliphatic rings. The van der Waals surface area contributed by atoms with Crippen molar-refractivity contribution >= 4 is 29.1 Å². The van der Waals surface area contributed by atoms with Crippen molar-refractivity contribution in [1.29, 1.82) is 0 Å². The normalized spacial score (nSPS) is 27.5. The first-order valence-corrected chi connectivity index (χ1v) is 8.53. The molecule has 23 heavy (non-hydrogen) atoms. The monoisotopic (exact) mass is 335 g/mol. The second-order valence-electron chi connectivity index (χ2n) is 6.40. The van der Waals surface area contributed by atoms with E-state index in [4.69, 9.17) is 17.3 Å². The molecule has 0 bridgehead atoms. The Morgan fingerprint density at radius 2 is 2.13 bits per heavy atom. The van der Waals surface area contributed by atoms with Crippen molar-refractivity contribution in [1.82, 2.24) is 5.32 Å². The van der Waals surface area contributed by atoms with Crippen LogP contribution in [0.1, 0.15) is 25.7 Å². The van der Waals surface area contributed by atoms with E-state index < -0.39 is 0 Å². The number of carbonyl (C=O) groups excluding carboxylic acids is 2. The lowest BCUT2D eigenvalue weighted by Crippen LogP contribution is -2.42. The summed E-state index contributed by atoms with van der Waals surface area (Å²) < 4.78 is 0. The zero-order valence-electron chi connectivity index (χ0n) is 13.0. The Balaban J connectivity index is 1.64. The fourth-order valence-electron chi connectivity index (χ4n) is 3.68. The van der Waals surface area contributed by atoms with Gasteiger partial charge in [0.2, 0.25) is 11.8 Å². The number of hydrogen-bond acceptors (Lipinski definition) is 3. The SMILES string of the molecule is NC[C@H]1CCC[C@H]1C(=O)NC1CC(=O)N(c2ccccc2Cl)C1. The number of nitrogens with zero attached hydrogens (tertiary/aromatic N) is 1. The molecule has 6 heteroatoms. The summed E-state index contributed by atoms with van der Waals surface area (Å²) in [7, 11) is 0. The van der Waals surface area contributed by atoms with Crippen molar-refractivity contribution < 1.29 is 9.59 Å². The Hall–Kier alpha value is -1.59. The van der Waals surface area contributed by atoms with Crippen molar-refractivity contribution in [2.24, 2.45) is 17.6 Å². The average Bonchev–Trinajstić information content (AvgIpc) is 3.14. The van der Waals surface area contributed by atoms with E-state index in [1.54, 1.807) is 11.0 Å². The van der Waals surface area contributed by atoms with Crippen LogP contribution in [0.5, 0.6) is 0 Å². The lowest BCUT2D eigenvalue weighted by molar-refractivity contribution is -0.126. The summed E-state index contributed by atoms with van der Waals surface area (Å²) in [6, 6.07) is 7.11. The summed E-state index contributed by atoms with van der Waals surface area (Å²) >= 11 is 6.17. The predicted octanol–water partition coefficient (Wildman–Crippen LogP) is 1.94. The van der Waals surface area contributed by atoms with E-state index in [1.165, 1.54) is 0 Å². The van der Waals surface area contributed by atoms with Gasteiger partial charge in [0.1, 0.15) is 0 Å². The van der Waals surface area contributed by atoms with Gasteiger partial charge in [-0.05, 0) is 37.4 Å². The van der Waals surface area contributed by atoms with Crippen LogP contribution in [-0.2, 0) is 9.59 Å². The van der Waals surface area contributed by atoms with E-state index >= 15 is 0 Å². The van der Waals surface area contributed by atoms with Gasteiger partial charge in [0.05, 0.1) is 16.8 Å². The smallest absolute Gasteiger partial charge is 0.229 e. The molecule has 1 aliphatic heterocycles. The molecule has 1 saturated heterocycles. The first kappa shape index (κ1) is 16.3. The molecule has 2 amide bonds. The van der Waals surface area contributed by atoms with Crippen LogP contribution in [0.3, 0.4) is 0 Å². The number of rotatable bonds is 4. The number of anilines is 1. The highest BCUT2D eigenvalue weighted by Gasteiger charge is 2.36. The summed E-state index contributed by atoms with van der Waals surface area (Å²) in [4.78, 5) is 26.4. The molecule has 3 N–H and O–H groups in total. The Kier molecular flexibility index (Phi) is 4.87. The number of benzene rings is 1. The van der Waals surface area contributed by atoms with Gasteiger partial charge in [0, 0.05) is 18.9 Å². The lowest BCUT2D eigenvalue weighted by atomic mass is 9.95. The second kappa shape index (κ2) is 6.89. The number of nitrogens with two attached hydrogens (primary N) is 1. The number of hydrogen-bond donors (Lipinski definition) is 2. The van der Waals surface area contributed by atoms with E-state index in [0.717, 1.165) is 19.3 Å². The molecular formula is C17H22ClN3O2. The molecule has 2 fully saturated rings. The number of amides is 2. The van der Waals surface area contributed by atoms with Crippen LogP contribution in [0.4, 0.5) is 5.69 Å². The minimum absolute atomic E-state index is 0.00908.